The quantitative estimate of drug-likeness (QED) is 0.832. The molecule has 1 N–H and O–H groups in total. The lowest BCUT2D eigenvalue weighted by Crippen LogP contribution is -2.24. The summed E-state index contributed by atoms with van der Waals surface area (Å²) in [5, 5.41) is 6.28. The Hall–Kier alpha value is -1.25. The Kier molecular flexibility index (Phi) is 2.69. The van der Waals surface area contributed by atoms with E-state index in [-0.39, 0.29) is 0 Å². The highest BCUT2D eigenvalue weighted by molar-refractivity contribution is 6.36. The molecule has 1 aliphatic rings. The van der Waals surface area contributed by atoms with Crippen molar-refractivity contribution in [3.8, 4) is 5.75 Å². The van der Waals surface area contributed by atoms with E-state index in [4.69, 9.17) is 16.3 Å². The van der Waals surface area contributed by atoms with Crippen molar-refractivity contribution in [1.82, 2.24) is 5.32 Å². The summed E-state index contributed by atoms with van der Waals surface area (Å²) in [6.07, 6.45) is 0.984. The summed E-state index contributed by atoms with van der Waals surface area (Å²) in [6.45, 7) is 0.754. The van der Waals surface area contributed by atoms with Gasteiger partial charge in [-0.25, -0.2) is 0 Å². The van der Waals surface area contributed by atoms with Crippen LogP contribution in [-0.4, -0.2) is 13.7 Å². The lowest BCUT2D eigenvalue weighted by atomic mass is 9.96. The molecule has 17 heavy (non-hydrogen) atoms. The largest absolute Gasteiger partial charge is 0.493 e. The van der Waals surface area contributed by atoms with Gasteiger partial charge in [-0.05, 0) is 13.1 Å². The van der Waals surface area contributed by atoms with Crippen molar-refractivity contribution < 1.29 is 4.74 Å². The number of benzene rings is 2. The van der Waals surface area contributed by atoms with Crippen LogP contribution >= 0.6 is 11.6 Å². The van der Waals surface area contributed by atoms with Crippen molar-refractivity contribution >= 4 is 22.4 Å². The molecule has 88 valence electrons. The first-order valence-electron chi connectivity index (χ1n) is 5.82. The van der Waals surface area contributed by atoms with E-state index in [0.717, 1.165) is 34.6 Å². The van der Waals surface area contributed by atoms with E-state index >= 15 is 0 Å². The molecule has 1 heterocycles. The second-order valence-corrected chi connectivity index (χ2v) is 4.71. The van der Waals surface area contributed by atoms with Crippen LogP contribution in [0, 0.1) is 0 Å². The van der Waals surface area contributed by atoms with Gasteiger partial charge in [0.1, 0.15) is 5.75 Å². The van der Waals surface area contributed by atoms with E-state index in [1.54, 1.807) is 0 Å². The molecule has 0 radical (unpaired) electrons. The third kappa shape index (κ3) is 1.68. The summed E-state index contributed by atoms with van der Waals surface area (Å²) in [5.74, 6) is 0.982. The number of hydrogen-bond acceptors (Lipinski definition) is 2. The third-order valence-corrected chi connectivity index (χ3v) is 3.66. The molecule has 1 aliphatic heterocycles. The summed E-state index contributed by atoms with van der Waals surface area (Å²) in [5.41, 5.74) is 1.17. The number of fused-ring (bicyclic) bond motifs is 3. The number of hydrogen-bond donors (Lipinski definition) is 1. The minimum absolute atomic E-state index is 0.334. The highest BCUT2D eigenvalue weighted by Crippen LogP contribution is 2.41. The van der Waals surface area contributed by atoms with Gasteiger partial charge in [-0.1, -0.05) is 35.9 Å². The van der Waals surface area contributed by atoms with Crippen molar-refractivity contribution in [2.24, 2.45) is 0 Å². The van der Waals surface area contributed by atoms with Crippen LogP contribution in [0.2, 0.25) is 5.02 Å². The van der Waals surface area contributed by atoms with Crippen molar-refractivity contribution in [3.63, 3.8) is 0 Å². The molecule has 2 aromatic carbocycles. The van der Waals surface area contributed by atoms with Crippen LogP contribution < -0.4 is 10.1 Å². The molecular weight excluding hydrogens is 234 g/mol. The molecule has 1 atom stereocenters. The smallest absolute Gasteiger partial charge is 0.131 e. The predicted octanol–water partition coefficient (Wildman–Crippen LogP) is 3.54. The third-order valence-electron chi connectivity index (χ3n) is 3.35. The standard InChI is InChI=1S/C14H14ClNO/c1-16-13-6-7-17-14-10-5-3-2-4-9(10)12(15)8-11(13)14/h2-5,8,13,16H,6-7H2,1H3. The molecule has 0 saturated carbocycles. The van der Waals surface area contributed by atoms with E-state index in [0.29, 0.717) is 6.04 Å². The van der Waals surface area contributed by atoms with Gasteiger partial charge in [0.2, 0.25) is 0 Å². The molecule has 0 aliphatic carbocycles. The van der Waals surface area contributed by atoms with Gasteiger partial charge in [0.05, 0.1) is 6.61 Å². The second kappa shape index (κ2) is 4.21. The maximum atomic E-state index is 6.33. The fraction of sp³-hybridized carbons (Fsp3) is 0.286. The lowest BCUT2D eigenvalue weighted by molar-refractivity contribution is 0.261. The number of halogens is 1. The normalized spacial score (nSPS) is 18.8. The van der Waals surface area contributed by atoms with Crippen LogP contribution in [0.1, 0.15) is 18.0 Å². The molecule has 3 rings (SSSR count). The zero-order valence-corrected chi connectivity index (χ0v) is 10.4. The number of ether oxygens (including phenoxy) is 1. The molecule has 2 nitrogen and oxygen atoms in total. The Bertz CT molecular complexity index is 567. The van der Waals surface area contributed by atoms with Crippen molar-refractivity contribution in [3.05, 3.63) is 40.9 Å². The summed E-state index contributed by atoms with van der Waals surface area (Å²) in [4.78, 5) is 0. The maximum Gasteiger partial charge on any atom is 0.131 e. The average molecular weight is 248 g/mol. The summed E-state index contributed by atoms with van der Waals surface area (Å²) in [6, 6.07) is 10.5. The first kappa shape index (κ1) is 10.9. The van der Waals surface area contributed by atoms with Crippen molar-refractivity contribution in [1.29, 1.82) is 0 Å². The fourth-order valence-corrected chi connectivity index (χ4v) is 2.76. The Morgan fingerprint density at radius 2 is 2.06 bits per heavy atom. The van der Waals surface area contributed by atoms with Gasteiger partial charge >= 0.3 is 0 Å². The van der Waals surface area contributed by atoms with Gasteiger partial charge in [0.25, 0.3) is 0 Å². The monoisotopic (exact) mass is 247 g/mol. The number of rotatable bonds is 1. The molecule has 0 saturated heterocycles. The van der Waals surface area contributed by atoms with E-state index in [1.165, 1.54) is 5.56 Å². The Morgan fingerprint density at radius 1 is 1.29 bits per heavy atom. The zero-order chi connectivity index (χ0) is 11.8. The maximum absolute atomic E-state index is 6.33. The zero-order valence-electron chi connectivity index (χ0n) is 9.66. The van der Waals surface area contributed by atoms with Crippen molar-refractivity contribution in [2.75, 3.05) is 13.7 Å². The summed E-state index contributed by atoms with van der Waals surface area (Å²) >= 11 is 6.33. The van der Waals surface area contributed by atoms with E-state index in [9.17, 15) is 0 Å². The molecule has 1 unspecified atom stereocenters. The van der Waals surface area contributed by atoms with Crippen LogP contribution in [0.3, 0.4) is 0 Å². The van der Waals surface area contributed by atoms with Crippen LogP contribution in [0.15, 0.2) is 30.3 Å². The average Bonchev–Trinajstić information content (AvgIpc) is 2.39. The van der Waals surface area contributed by atoms with Crippen LogP contribution in [0.4, 0.5) is 0 Å². The highest BCUT2D eigenvalue weighted by Gasteiger charge is 2.23. The molecule has 2 aromatic rings. The number of nitrogens with one attached hydrogen (secondary N) is 1. The highest BCUT2D eigenvalue weighted by atomic mass is 35.5. The van der Waals surface area contributed by atoms with Gasteiger partial charge in [-0.2, -0.15) is 0 Å². The Labute approximate surface area is 106 Å². The van der Waals surface area contributed by atoms with E-state index in [2.05, 4.69) is 11.4 Å². The van der Waals surface area contributed by atoms with Crippen LogP contribution in [0.25, 0.3) is 10.8 Å². The molecule has 0 fully saturated rings. The molecular formula is C14H14ClNO. The molecule has 3 heteroatoms. The first-order valence-corrected chi connectivity index (χ1v) is 6.20. The first-order chi connectivity index (χ1) is 8.31. The second-order valence-electron chi connectivity index (χ2n) is 4.30. The lowest BCUT2D eigenvalue weighted by Gasteiger charge is -2.27. The van der Waals surface area contributed by atoms with Gasteiger partial charge in [0.15, 0.2) is 0 Å². The Balaban J connectivity index is 2.32. The van der Waals surface area contributed by atoms with Gasteiger partial charge in [0, 0.05) is 33.8 Å². The summed E-state index contributed by atoms with van der Waals surface area (Å²) in [7, 11) is 1.98. The predicted molar refractivity (Wildman–Crippen MR) is 70.9 cm³/mol. The van der Waals surface area contributed by atoms with E-state index < -0.39 is 0 Å². The van der Waals surface area contributed by atoms with Crippen LogP contribution in [0.5, 0.6) is 5.75 Å². The molecule has 0 amide bonds. The van der Waals surface area contributed by atoms with Gasteiger partial charge in [-0.15, -0.1) is 0 Å². The molecule has 0 aromatic heterocycles. The Morgan fingerprint density at radius 3 is 2.82 bits per heavy atom. The SMILES string of the molecule is CNC1CCOc2c1cc(Cl)c1ccccc21. The van der Waals surface area contributed by atoms with Gasteiger partial charge in [-0.3, -0.25) is 0 Å². The molecule has 0 bridgehead atoms. The van der Waals surface area contributed by atoms with Crippen molar-refractivity contribution in [2.45, 2.75) is 12.5 Å². The fourth-order valence-electron chi connectivity index (χ4n) is 2.48. The minimum Gasteiger partial charge on any atom is -0.493 e. The summed E-state index contributed by atoms with van der Waals surface area (Å²) < 4.78 is 5.83. The van der Waals surface area contributed by atoms with E-state index in [1.807, 2.05) is 31.3 Å². The molecule has 0 spiro atoms. The van der Waals surface area contributed by atoms with Crippen LogP contribution in [-0.2, 0) is 0 Å². The van der Waals surface area contributed by atoms with Gasteiger partial charge < -0.3 is 10.1 Å². The topological polar surface area (TPSA) is 21.3 Å². The minimum atomic E-state index is 0.334.